The Labute approximate surface area is 292 Å². The summed E-state index contributed by atoms with van der Waals surface area (Å²) in [6, 6.07) is 9.78. The lowest BCUT2D eigenvalue weighted by Gasteiger charge is -2.27. The van der Waals surface area contributed by atoms with Gasteiger partial charge in [-0.25, -0.2) is 9.67 Å². The van der Waals surface area contributed by atoms with Crippen molar-refractivity contribution in [1.82, 2.24) is 35.3 Å². The van der Waals surface area contributed by atoms with E-state index in [1.807, 2.05) is 30.5 Å². The summed E-state index contributed by atoms with van der Waals surface area (Å²) in [5.41, 5.74) is 2.76. The summed E-state index contributed by atoms with van der Waals surface area (Å²) in [6.45, 7) is 8.27. The lowest BCUT2D eigenvalue weighted by Crippen LogP contribution is -2.49. The van der Waals surface area contributed by atoms with Crippen LogP contribution in [0.25, 0.3) is 10.9 Å². The number of aryl methyl sites for hydroxylation is 1. The molecule has 0 aliphatic carbocycles. The highest BCUT2D eigenvalue weighted by atomic mass is 16.5. The Morgan fingerprint density at radius 1 is 0.980 bits per heavy atom. The normalized spacial score (nSPS) is 17.5. The van der Waals surface area contributed by atoms with Gasteiger partial charge in [-0.2, -0.15) is 5.10 Å². The third kappa shape index (κ3) is 8.50. The number of methoxy groups -OCH3 is 2. The van der Waals surface area contributed by atoms with Crippen LogP contribution in [0.3, 0.4) is 0 Å². The third-order valence-corrected chi connectivity index (χ3v) is 8.99. The molecule has 13 nitrogen and oxygen atoms in total. The standard InChI is InChI=1S/C37H47N7O6/c1-22(2)16-30-36-39-24(4)42-44(36)15-14-43(35(47)19-25-18-32(49-5)33(50-6)20-28(25)23(3)45)13-9-12-34(46)40-31(37(48)41-30)17-26-21-38-29-11-8-7-10-27(26)29/h7-8,10-11,18,20-22,30-31,38H,9,12-17,19H2,1-6H3,(H,40,46)(H,41,48)/t30-,31+/m0/s1. The van der Waals surface area contributed by atoms with Crippen molar-refractivity contribution < 1.29 is 28.7 Å². The van der Waals surface area contributed by atoms with E-state index in [0.717, 1.165) is 16.5 Å². The molecule has 0 radical (unpaired) electrons. The van der Waals surface area contributed by atoms with Gasteiger partial charge in [0.05, 0.1) is 33.2 Å². The Morgan fingerprint density at radius 3 is 2.44 bits per heavy atom. The van der Waals surface area contributed by atoms with Gasteiger partial charge in [0.2, 0.25) is 17.7 Å². The van der Waals surface area contributed by atoms with E-state index >= 15 is 0 Å². The van der Waals surface area contributed by atoms with Crippen molar-refractivity contribution in [3.05, 3.63) is 70.9 Å². The Bertz CT molecular complexity index is 1860. The van der Waals surface area contributed by atoms with E-state index in [1.165, 1.54) is 21.1 Å². The maximum atomic E-state index is 14.0. The lowest BCUT2D eigenvalue weighted by atomic mass is 9.99. The molecule has 266 valence electrons. The number of aromatic nitrogens is 4. The first-order chi connectivity index (χ1) is 24.0. The summed E-state index contributed by atoms with van der Waals surface area (Å²) in [6.07, 6.45) is 3.18. The van der Waals surface area contributed by atoms with Crippen molar-refractivity contribution in [2.75, 3.05) is 27.3 Å². The molecule has 2 atom stereocenters. The van der Waals surface area contributed by atoms with Crippen molar-refractivity contribution in [3.63, 3.8) is 0 Å². The van der Waals surface area contributed by atoms with Crippen LogP contribution < -0.4 is 20.1 Å². The zero-order valence-electron chi connectivity index (χ0n) is 29.7. The minimum atomic E-state index is -0.843. The molecule has 4 aromatic rings. The van der Waals surface area contributed by atoms with Crippen LogP contribution in [0, 0.1) is 12.8 Å². The topological polar surface area (TPSA) is 161 Å². The smallest absolute Gasteiger partial charge is 0.243 e. The molecule has 0 fully saturated rings. The van der Waals surface area contributed by atoms with Gasteiger partial charge >= 0.3 is 0 Å². The molecule has 2 aromatic carbocycles. The second kappa shape index (κ2) is 16.0. The fraction of sp³-hybridized carbons (Fsp3) is 0.459. The average Bonchev–Trinajstić information content (AvgIpc) is 3.67. The Balaban J connectivity index is 1.45. The molecule has 0 bridgehead atoms. The molecule has 3 amide bonds. The quantitative estimate of drug-likeness (QED) is 0.222. The predicted octanol–water partition coefficient (Wildman–Crippen LogP) is 4.08. The minimum absolute atomic E-state index is 0.0521. The van der Waals surface area contributed by atoms with Crippen molar-refractivity contribution in [3.8, 4) is 11.5 Å². The zero-order valence-corrected chi connectivity index (χ0v) is 29.7. The molecule has 3 heterocycles. The van der Waals surface area contributed by atoms with Crippen molar-refractivity contribution >= 4 is 34.4 Å². The monoisotopic (exact) mass is 685 g/mol. The summed E-state index contributed by atoms with van der Waals surface area (Å²) in [5.74, 6) is 1.17. The van der Waals surface area contributed by atoms with Gasteiger partial charge in [-0.3, -0.25) is 19.2 Å². The number of amides is 3. The number of fused-ring (bicyclic) bond motifs is 2. The number of para-hydroxylation sites is 1. The second-order valence-electron chi connectivity index (χ2n) is 13.2. The number of Topliss-reactive ketones (excluding diaryl/α,β-unsaturated/α-hetero) is 1. The SMILES string of the molecule is COc1cc(CC(=O)N2CCCC(=O)N[C@H](Cc3c[nH]c4ccccc34)C(=O)N[C@@H](CC(C)C)c3nc(C)nn3CC2)c(C(C)=O)cc1OC. The Kier molecular flexibility index (Phi) is 11.6. The van der Waals surface area contributed by atoms with Crippen LogP contribution in [0.5, 0.6) is 11.5 Å². The van der Waals surface area contributed by atoms with E-state index in [4.69, 9.17) is 14.5 Å². The summed E-state index contributed by atoms with van der Waals surface area (Å²) in [7, 11) is 2.99. The van der Waals surface area contributed by atoms with Gasteiger partial charge in [0.15, 0.2) is 17.3 Å². The summed E-state index contributed by atoms with van der Waals surface area (Å²) in [4.78, 5) is 63.6. The van der Waals surface area contributed by atoms with Crippen molar-refractivity contribution in [2.24, 2.45) is 5.92 Å². The molecule has 1 aliphatic rings. The number of nitrogens with zero attached hydrogens (tertiary/aromatic N) is 4. The summed E-state index contributed by atoms with van der Waals surface area (Å²) < 4.78 is 12.6. The van der Waals surface area contributed by atoms with Gasteiger partial charge < -0.3 is 30.0 Å². The maximum Gasteiger partial charge on any atom is 0.243 e. The number of hydrogen-bond acceptors (Lipinski definition) is 8. The van der Waals surface area contributed by atoms with E-state index in [9.17, 15) is 19.2 Å². The molecular formula is C37H47N7O6. The van der Waals surface area contributed by atoms with Crippen LogP contribution in [0.2, 0.25) is 0 Å². The van der Waals surface area contributed by atoms with E-state index < -0.39 is 12.1 Å². The van der Waals surface area contributed by atoms with Gasteiger partial charge in [0.25, 0.3) is 0 Å². The second-order valence-corrected chi connectivity index (χ2v) is 13.2. The van der Waals surface area contributed by atoms with Crippen LogP contribution in [0.15, 0.2) is 42.6 Å². The van der Waals surface area contributed by atoms with Crippen LogP contribution in [0.1, 0.15) is 79.2 Å². The number of carbonyl (C=O) groups is 4. The molecular weight excluding hydrogens is 638 g/mol. The highest BCUT2D eigenvalue weighted by Crippen LogP contribution is 2.31. The number of H-pyrrole nitrogens is 1. The predicted molar refractivity (Wildman–Crippen MR) is 188 cm³/mol. The van der Waals surface area contributed by atoms with E-state index in [2.05, 4.69) is 34.6 Å². The molecule has 0 saturated heterocycles. The summed E-state index contributed by atoms with van der Waals surface area (Å²) in [5, 5.41) is 11.8. The molecule has 2 aromatic heterocycles. The van der Waals surface area contributed by atoms with Gasteiger partial charge in [0, 0.05) is 48.6 Å². The maximum absolute atomic E-state index is 14.0. The molecule has 5 rings (SSSR count). The number of benzene rings is 2. The molecule has 0 saturated carbocycles. The third-order valence-electron chi connectivity index (χ3n) is 8.99. The first-order valence-electron chi connectivity index (χ1n) is 17.1. The number of nitrogens with one attached hydrogen (secondary N) is 3. The number of aromatic amines is 1. The van der Waals surface area contributed by atoms with Gasteiger partial charge in [-0.1, -0.05) is 32.0 Å². The molecule has 1 aliphatic heterocycles. The van der Waals surface area contributed by atoms with Crippen LogP contribution in [0.4, 0.5) is 0 Å². The number of ketones is 1. The van der Waals surface area contributed by atoms with Crippen LogP contribution in [-0.4, -0.2) is 81.5 Å². The number of rotatable bonds is 9. The van der Waals surface area contributed by atoms with Gasteiger partial charge in [-0.05, 0) is 61.9 Å². The zero-order chi connectivity index (χ0) is 35.9. The van der Waals surface area contributed by atoms with Gasteiger partial charge in [-0.15, -0.1) is 0 Å². The first-order valence-corrected chi connectivity index (χ1v) is 17.1. The highest BCUT2D eigenvalue weighted by Gasteiger charge is 2.30. The largest absolute Gasteiger partial charge is 0.493 e. The molecule has 0 spiro atoms. The van der Waals surface area contributed by atoms with E-state index in [-0.39, 0.29) is 61.8 Å². The Hall–Kier alpha value is -5.20. The lowest BCUT2D eigenvalue weighted by molar-refractivity contribution is -0.131. The number of carbonyl (C=O) groups excluding carboxylic acids is 4. The fourth-order valence-electron chi connectivity index (χ4n) is 6.54. The van der Waals surface area contributed by atoms with Crippen LogP contribution >= 0.6 is 0 Å². The van der Waals surface area contributed by atoms with E-state index in [1.54, 1.807) is 28.6 Å². The van der Waals surface area contributed by atoms with E-state index in [0.29, 0.717) is 53.7 Å². The molecule has 3 N–H and O–H groups in total. The summed E-state index contributed by atoms with van der Waals surface area (Å²) >= 11 is 0. The van der Waals surface area contributed by atoms with Crippen molar-refractivity contribution in [2.45, 2.75) is 78.4 Å². The van der Waals surface area contributed by atoms with Crippen molar-refractivity contribution in [1.29, 1.82) is 0 Å². The van der Waals surface area contributed by atoms with Crippen LogP contribution in [-0.2, 0) is 33.8 Å². The minimum Gasteiger partial charge on any atom is -0.493 e. The Morgan fingerprint density at radius 2 is 1.72 bits per heavy atom. The van der Waals surface area contributed by atoms with Gasteiger partial charge in [0.1, 0.15) is 17.7 Å². The number of hydrogen-bond donors (Lipinski definition) is 3. The fourth-order valence-corrected chi connectivity index (χ4v) is 6.54. The molecule has 13 heteroatoms. The highest BCUT2D eigenvalue weighted by molar-refractivity contribution is 5.98. The molecule has 0 unspecified atom stereocenters. The average molecular weight is 686 g/mol. The molecule has 50 heavy (non-hydrogen) atoms. The number of ether oxygens (including phenoxy) is 2. The first kappa shape index (κ1) is 36.1.